The van der Waals surface area contributed by atoms with Gasteiger partial charge in [0.1, 0.15) is 11.5 Å². The average Bonchev–Trinajstić information content (AvgIpc) is 2.30. The molecule has 0 aliphatic heterocycles. The Morgan fingerprint density at radius 1 is 1.06 bits per heavy atom. The number of aldehydes is 1. The third kappa shape index (κ3) is 2.49. The SMILES string of the molecule is O=Cc1ccccc1Oc1cccc(Br)c1. The third-order valence-corrected chi connectivity index (χ3v) is 2.56. The van der Waals surface area contributed by atoms with Crippen molar-refractivity contribution in [2.75, 3.05) is 0 Å². The van der Waals surface area contributed by atoms with Crippen molar-refractivity contribution < 1.29 is 9.53 Å². The molecule has 2 rings (SSSR count). The highest BCUT2D eigenvalue weighted by molar-refractivity contribution is 9.10. The molecule has 2 aromatic carbocycles. The summed E-state index contributed by atoms with van der Waals surface area (Å²) >= 11 is 3.36. The molecule has 0 aliphatic carbocycles. The minimum atomic E-state index is 0.544. The van der Waals surface area contributed by atoms with Crippen LogP contribution in [-0.2, 0) is 0 Å². The van der Waals surface area contributed by atoms with Crippen molar-refractivity contribution in [3.8, 4) is 11.5 Å². The fourth-order valence-corrected chi connectivity index (χ4v) is 1.71. The molecule has 0 bridgehead atoms. The third-order valence-electron chi connectivity index (χ3n) is 2.07. The van der Waals surface area contributed by atoms with Crippen LogP contribution in [0.1, 0.15) is 10.4 Å². The second-order valence-electron chi connectivity index (χ2n) is 3.22. The minimum absolute atomic E-state index is 0.544. The molecule has 0 aliphatic rings. The summed E-state index contributed by atoms with van der Waals surface area (Å²) in [6.45, 7) is 0. The number of ether oxygens (including phenoxy) is 1. The molecule has 0 atom stereocenters. The van der Waals surface area contributed by atoms with Crippen LogP contribution in [0.3, 0.4) is 0 Å². The summed E-state index contributed by atoms with van der Waals surface area (Å²) < 4.78 is 6.56. The number of para-hydroxylation sites is 1. The normalized spacial score (nSPS) is 9.81. The maximum Gasteiger partial charge on any atom is 0.153 e. The Morgan fingerprint density at radius 3 is 2.62 bits per heavy atom. The van der Waals surface area contributed by atoms with E-state index in [-0.39, 0.29) is 0 Å². The van der Waals surface area contributed by atoms with Crippen LogP contribution in [0.25, 0.3) is 0 Å². The molecule has 0 aromatic heterocycles. The Kier molecular flexibility index (Phi) is 3.37. The van der Waals surface area contributed by atoms with Crippen molar-refractivity contribution in [1.82, 2.24) is 0 Å². The fourth-order valence-electron chi connectivity index (χ4n) is 1.33. The van der Waals surface area contributed by atoms with Gasteiger partial charge in [0.15, 0.2) is 6.29 Å². The first-order chi connectivity index (χ1) is 7.79. The van der Waals surface area contributed by atoms with Crippen LogP contribution in [0.4, 0.5) is 0 Å². The number of hydrogen-bond acceptors (Lipinski definition) is 2. The zero-order valence-electron chi connectivity index (χ0n) is 8.39. The van der Waals surface area contributed by atoms with E-state index < -0.39 is 0 Å². The van der Waals surface area contributed by atoms with Gasteiger partial charge < -0.3 is 4.74 Å². The van der Waals surface area contributed by atoms with Crippen molar-refractivity contribution >= 4 is 22.2 Å². The maximum absolute atomic E-state index is 10.8. The molecular formula is C13H9BrO2. The monoisotopic (exact) mass is 276 g/mol. The molecule has 0 saturated heterocycles. The predicted molar refractivity (Wildman–Crippen MR) is 66.0 cm³/mol. The van der Waals surface area contributed by atoms with Crippen LogP contribution in [-0.4, -0.2) is 6.29 Å². The molecule has 0 unspecified atom stereocenters. The van der Waals surface area contributed by atoms with E-state index in [1.807, 2.05) is 30.3 Å². The van der Waals surface area contributed by atoms with Gasteiger partial charge in [-0.1, -0.05) is 34.1 Å². The van der Waals surface area contributed by atoms with Crippen LogP contribution in [0, 0.1) is 0 Å². The molecule has 16 heavy (non-hydrogen) atoms. The van der Waals surface area contributed by atoms with E-state index in [1.54, 1.807) is 18.2 Å². The highest BCUT2D eigenvalue weighted by Gasteiger charge is 2.02. The van der Waals surface area contributed by atoms with Gasteiger partial charge in [0, 0.05) is 4.47 Å². The van der Waals surface area contributed by atoms with Gasteiger partial charge in [-0.05, 0) is 30.3 Å². The van der Waals surface area contributed by atoms with Gasteiger partial charge in [0.05, 0.1) is 5.56 Å². The van der Waals surface area contributed by atoms with Crippen LogP contribution >= 0.6 is 15.9 Å². The highest BCUT2D eigenvalue weighted by atomic mass is 79.9. The Hall–Kier alpha value is -1.61. The molecule has 0 N–H and O–H groups in total. The van der Waals surface area contributed by atoms with Crippen LogP contribution < -0.4 is 4.74 Å². The van der Waals surface area contributed by atoms with Gasteiger partial charge in [0.2, 0.25) is 0 Å². The second kappa shape index (κ2) is 4.94. The lowest BCUT2D eigenvalue weighted by atomic mass is 10.2. The Labute approximate surface area is 102 Å². The van der Waals surface area contributed by atoms with Gasteiger partial charge in [-0.2, -0.15) is 0 Å². The lowest BCUT2D eigenvalue weighted by Gasteiger charge is -2.07. The Balaban J connectivity index is 2.30. The zero-order valence-corrected chi connectivity index (χ0v) is 9.98. The zero-order chi connectivity index (χ0) is 11.4. The molecular weight excluding hydrogens is 268 g/mol. The first kappa shape index (κ1) is 10.9. The minimum Gasteiger partial charge on any atom is -0.457 e. The summed E-state index contributed by atoms with van der Waals surface area (Å²) in [5.41, 5.74) is 0.544. The lowest BCUT2D eigenvalue weighted by molar-refractivity contribution is 0.112. The molecule has 0 fully saturated rings. The number of carbonyl (C=O) groups excluding carboxylic acids is 1. The summed E-state index contributed by atoms with van der Waals surface area (Å²) in [7, 11) is 0. The summed E-state index contributed by atoms with van der Waals surface area (Å²) in [5.74, 6) is 1.26. The van der Waals surface area contributed by atoms with Crippen molar-refractivity contribution in [1.29, 1.82) is 0 Å². The van der Waals surface area contributed by atoms with E-state index in [0.717, 1.165) is 10.8 Å². The summed E-state index contributed by atoms with van der Waals surface area (Å²) in [6, 6.07) is 14.6. The topological polar surface area (TPSA) is 26.3 Å². The Bertz CT molecular complexity index is 509. The number of halogens is 1. The molecule has 0 saturated carbocycles. The highest BCUT2D eigenvalue weighted by Crippen LogP contribution is 2.26. The van der Waals surface area contributed by atoms with E-state index in [4.69, 9.17) is 4.74 Å². The number of rotatable bonds is 3. The van der Waals surface area contributed by atoms with Crippen LogP contribution in [0.5, 0.6) is 11.5 Å². The van der Waals surface area contributed by atoms with E-state index >= 15 is 0 Å². The number of benzene rings is 2. The van der Waals surface area contributed by atoms with E-state index in [1.165, 1.54) is 0 Å². The quantitative estimate of drug-likeness (QED) is 0.791. The largest absolute Gasteiger partial charge is 0.457 e. The van der Waals surface area contributed by atoms with Crippen LogP contribution in [0.15, 0.2) is 53.0 Å². The van der Waals surface area contributed by atoms with Crippen molar-refractivity contribution in [2.45, 2.75) is 0 Å². The first-order valence-electron chi connectivity index (χ1n) is 4.77. The van der Waals surface area contributed by atoms with Crippen LogP contribution in [0.2, 0.25) is 0 Å². The van der Waals surface area contributed by atoms with E-state index in [2.05, 4.69) is 15.9 Å². The molecule has 0 amide bonds. The Morgan fingerprint density at radius 2 is 1.88 bits per heavy atom. The summed E-state index contributed by atoms with van der Waals surface area (Å²) in [5, 5.41) is 0. The molecule has 0 spiro atoms. The standard InChI is InChI=1S/C13H9BrO2/c14-11-5-3-6-12(8-11)16-13-7-2-1-4-10(13)9-15/h1-9H. The van der Waals surface area contributed by atoms with Gasteiger partial charge in [0.25, 0.3) is 0 Å². The smallest absolute Gasteiger partial charge is 0.153 e. The summed E-state index contributed by atoms with van der Waals surface area (Å²) in [6.07, 6.45) is 0.785. The lowest BCUT2D eigenvalue weighted by Crippen LogP contribution is -1.89. The van der Waals surface area contributed by atoms with Crippen molar-refractivity contribution in [3.63, 3.8) is 0 Å². The molecule has 2 nitrogen and oxygen atoms in total. The average molecular weight is 277 g/mol. The summed E-state index contributed by atoms with van der Waals surface area (Å²) in [4.78, 5) is 10.8. The van der Waals surface area contributed by atoms with Crippen molar-refractivity contribution in [3.05, 3.63) is 58.6 Å². The van der Waals surface area contributed by atoms with Gasteiger partial charge >= 0.3 is 0 Å². The van der Waals surface area contributed by atoms with Gasteiger partial charge in [-0.25, -0.2) is 0 Å². The molecule has 3 heteroatoms. The van der Waals surface area contributed by atoms with Gasteiger partial charge in [-0.3, -0.25) is 4.79 Å². The predicted octanol–water partition coefficient (Wildman–Crippen LogP) is 4.05. The maximum atomic E-state index is 10.8. The molecule has 0 radical (unpaired) electrons. The molecule has 2 aromatic rings. The number of hydrogen-bond donors (Lipinski definition) is 0. The van der Waals surface area contributed by atoms with Gasteiger partial charge in [-0.15, -0.1) is 0 Å². The van der Waals surface area contributed by atoms with E-state index in [9.17, 15) is 4.79 Å². The number of carbonyl (C=O) groups is 1. The molecule has 0 heterocycles. The van der Waals surface area contributed by atoms with E-state index in [0.29, 0.717) is 17.1 Å². The van der Waals surface area contributed by atoms with Crippen molar-refractivity contribution in [2.24, 2.45) is 0 Å². The fraction of sp³-hybridized carbons (Fsp3) is 0. The first-order valence-corrected chi connectivity index (χ1v) is 5.56. The molecule has 80 valence electrons. The second-order valence-corrected chi connectivity index (χ2v) is 4.13.